The average molecular weight is 266 g/mol. The van der Waals surface area contributed by atoms with Crippen molar-refractivity contribution in [3.05, 3.63) is 39.4 Å². The van der Waals surface area contributed by atoms with E-state index in [4.69, 9.17) is 22.8 Å². The van der Waals surface area contributed by atoms with Crippen LogP contribution in [0.3, 0.4) is 0 Å². The molecule has 3 heteroatoms. The van der Waals surface area contributed by atoms with E-state index in [0.29, 0.717) is 11.1 Å². The molecule has 1 amide bonds. The summed E-state index contributed by atoms with van der Waals surface area (Å²) >= 11 is 6.08. The lowest BCUT2D eigenvalue weighted by molar-refractivity contribution is -0.121. The van der Waals surface area contributed by atoms with Crippen LogP contribution in [-0.2, 0) is 11.2 Å². The molecule has 0 saturated carbocycles. The monoisotopic (exact) mass is 265 g/mol. The van der Waals surface area contributed by atoms with Gasteiger partial charge in [-0.1, -0.05) is 11.6 Å². The normalized spacial score (nSPS) is 31.9. The number of carbonyl (C=O) groups excluding carboxylic acids is 1. The van der Waals surface area contributed by atoms with Crippen molar-refractivity contribution in [2.75, 3.05) is 0 Å². The molecular formula is C15H16ClNO. The number of amides is 1. The lowest BCUT2D eigenvalue weighted by atomic mass is 9.82. The lowest BCUT2D eigenvalue weighted by Crippen LogP contribution is -2.27. The summed E-state index contributed by atoms with van der Waals surface area (Å²) in [7, 11) is 0. The molecule has 18 heavy (non-hydrogen) atoms. The van der Waals surface area contributed by atoms with Crippen LogP contribution in [-0.4, -0.2) is 5.91 Å². The minimum absolute atomic E-state index is 0.0305. The Morgan fingerprint density at radius 3 is 3.22 bits per heavy atom. The Kier molecular flexibility index (Phi) is 1.84. The van der Waals surface area contributed by atoms with Crippen LogP contribution in [0.1, 0.15) is 41.4 Å². The number of hydrogen-bond donors (Lipinski definition) is 1. The summed E-state index contributed by atoms with van der Waals surface area (Å²) in [6.07, 6.45) is -1.32. The molecule has 1 atom stereocenters. The van der Waals surface area contributed by atoms with Gasteiger partial charge in [0.25, 0.3) is 0 Å². The maximum atomic E-state index is 11.8. The van der Waals surface area contributed by atoms with E-state index in [0.717, 1.165) is 11.1 Å². The molecule has 0 aromatic heterocycles. The van der Waals surface area contributed by atoms with Gasteiger partial charge >= 0.3 is 0 Å². The van der Waals surface area contributed by atoms with Crippen LogP contribution < -0.4 is 5.73 Å². The second-order valence-electron chi connectivity index (χ2n) is 4.70. The first kappa shape index (κ1) is 8.00. The predicted octanol–water partition coefficient (Wildman–Crippen LogP) is 3.24. The standard InChI is InChI=1S/C15H16ClNO/c1-8-5-9(16)6-13-10-3-2-4-11(15(17)18)14(10)7-12(8)13/h5-6,11H,2-4,7H2,1H3,(H2,17,18)/i3D2,6D,11D. The van der Waals surface area contributed by atoms with Gasteiger partial charge in [0.05, 0.1) is 7.26 Å². The molecule has 0 heterocycles. The SMILES string of the molecule is [2H]c1c(Cl)cc(C)c2c1C1=C(C2)C([2H])(C(N)=O)CCC1([2H])[2H]. The molecule has 94 valence electrons. The molecule has 0 aliphatic heterocycles. The molecule has 2 nitrogen and oxygen atoms in total. The molecule has 2 aliphatic rings. The Bertz CT molecular complexity index is 744. The van der Waals surface area contributed by atoms with E-state index in [9.17, 15) is 4.79 Å². The largest absolute Gasteiger partial charge is 0.369 e. The predicted molar refractivity (Wildman–Crippen MR) is 73.3 cm³/mol. The zero-order valence-electron chi connectivity index (χ0n) is 14.1. The third kappa shape index (κ3) is 1.67. The van der Waals surface area contributed by atoms with E-state index >= 15 is 0 Å². The summed E-state index contributed by atoms with van der Waals surface area (Å²) in [5.41, 5.74) is 8.17. The van der Waals surface area contributed by atoms with Crippen LogP contribution >= 0.6 is 11.6 Å². The second kappa shape index (κ2) is 4.13. The van der Waals surface area contributed by atoms with Gasteiger partial charge in [0, 0.05) is 9.13 Å². The second-order valence-corrected chi connectivity index (χ2v) is 5.11. The highest BCUT2D eigenvalue weighted by atomic mass is 35.5. The highest BCUT2D eigenvalue weighted by Gasteiger charge is 2.33. The fourth-order valence-corrected chi connectivity index (χ4v) is 3.01. The van der Waals surface area contributed by atoms with Crippen molar-refractivity contribution >= 4 is 23.1 Å². The number of rotatable bonds is 1. The van der Waals surface area contributed by atoms with Crippen LogP contribution in [0, 0.1) is 12.8 Å². The molecule has 2 N–H and O–H groups in total. The highest BCUT2D eigenvalue weighted by molar-refractivity contribution is 6.30. The number of aryl methyl sites for hydroxylation is 1. The minimum atomic E-state index is -1.69. The molecule has 2 aliphatic carbocycles. The number of primary amides is 1. The Balaban J connectivity index is 2.35. The van der Waals surface area contributed by atoms with Gasteiger partial charge in [0.2, 0.25) is 5.91 Å². The molecule has 1 unspecified atom stereocenters. The van der Waals surface area contributed by atoms with Crippen molar-refractivity contribution in [1.82, 2.24) is 0 Å². The van der Waals surface area contributed by atoms with E-state index in [-0.39, 0.29) is 35.9 Å². The molecule has 0 radical (unpaired) electrons. The summed E-state index contributed by atoms with van der Waals surface area (Å²) in [6.45, 7) is 1.84. The Morgan fingerprint density at radius 1 is 1.72 bits per heavy atom. The van der Waals surface area contributed by atoms with E-state index < -0.39 is 18.2 Å². The van der Waals surface area contributed by atoms with Crippen LogP contribution in [0.15, 0.2) is 17.7 Å². The summed E-state index contributed by atoms with van der Waals surface area (Å²) in [5, 5.41) is 0.251. The number of allylic oxidation sites excluding steroid dienone is 1. The van der Waals surface area contributed by atoms with Gasteiger partial charge in [-0.05, 0) is 72.5 Å². The third-order valence-electron chi connectivity index (χ3n) is 3.61. The number of benzene rings is 1. The Hall–Kier alpha value is -1.28. The average Bonchev–Trinajstić information content (AvgIpc) is 2.84. The van der Waals surface area contributed by atoms with E-state index in [1.807, 2.05) is 6.92 Å². The number of fused-ring (bicyclic) bond motifs is 2. The van der Waals surface area contributed by atoms with Gasteiger partial charge in [-0.2, -0.15) is 0 Å². The molecule has 1 aromatic carbocycles. The summed E-state index contributed by atoms with van der Waals surface area (Å²) in [6, 6.07) is 1.73. The summed E-state index contributed by atoms with van der Waals surface area (Å²) in [4.78, 5) is 11.8. The first-order valence-corrected chi connectivity index (χ1v) is 6.30. The highest BCUT2D eigenvalue weighted by Crippen LogP contribution is 2.45. The maximum Gasteiger partial charge on any atom is 0.224 e. The zero-order chi connectivity index (χ0) is 16.4. The van der Waals surface area contributed by atoms with Gasteiger partial charge in [-0.25, -0.2) is 0 Å². The Morgan fingerprint density at radius 2 is 2.50 bits per heavy atom. The minimum Gasteiger partial charge on any atom is -0.369 e. The zero-order valence-corrected chi connectivity index (χ0v) is 10.8. The molecule has 0 fully saturated rings. The van der Waals surface area contributed by atoms with Crippen molar-refractivity contribution in [3.8, 4) is 0 Å². The third-order valence-corrected chi connectivity index (χ3v) is 3.81. The first-order chi connectivity index (χ1) is 10.1. The number of halogens is 1. The van der Waals surface area contributed by atoms with Crippen molar-refractivity contribution in [2.45, 2.75) is 32.6 Å². The molecule has 3 rings (SSSR count). The number of carbonyl (C=O) groups is 1. The summed E-state index contributed by atoms with van der Waals surface area (Å²) < 4.78 is 33.2. The fourth-order valence-electron chi connectivity index (χ4n) is 2.75. The molecule has 0 bridgehead atoms. The van der Waals surface area contributed by atoms with Gasteiger partial charge in [-0.15, -0.1) is 0 Å². The lowest BCUT2D eigenvalue weighted by Gasteiger charge is -2.22. The first-order valence-electron chi connectivity index (χ1n) is 7.92. The molecule has 0 spiro atoms. The van der Waals surface area contributed by atoms with E-state index in [2.05, 4.69) is 0 Å². The molecule has 1 aromatic rings. The Labute approximate surface area is 117 Å². The smallest absolute Gasteiger partial charge is 0.224 e. The number of hydrogen-bond acceptors (Lipinski definition) is 1. The van der Waals surface area contributed by atoms with Gasteiger partial charge in [0.1, 0.15) is 0 Å². The van der Waals surface area contributed by atoms with Crippen molar-refractivity contribution < 1.29 is 10.3 Å². The molecule has 0 saturated heterocycles. The van der Waals surface area contributed by atoms with Crippen LogP contribution in [0.4, 0.5) is 0 Å². The van der Waals surface area contributed by atoms with E-state index in [1.54, 1.807) is 6.07 Å². The topological polar surface area (TPSA) is 43.1 Å². The van der Waals surface area contributed by atoms with Gasteiger partial charge in [-0.3, -0.25) is 4.79 Å². The van der Waals surface area contributed by atoms with Crippen molar-refractivity contribution in [1.29, 1.82) is 0 Å². The van der Waals surface area contributed by atoms with Crippen molar-refractivity contribution in [2.24, 2.45) is 11.6 Å². The van der Waals surface area contributed by atoms with Gasteiger partial charge in [0.15, 0.2) is 0 Å². The number of nitrogens with two attached hydrogens (primary N) is 1. The fraction of sp³-hybridized carbons (Fsp3) is 0.400. The van der Waals surface area contributed by atoms with Crippen LogP contribution in [0.5, 0.6) is 0 Å². The van der Waals surface area contributed by atoms with E-state index in [1.165, 1.54) is 0 Å². The van der Waals surface area contributed by atoms with Crippen LogP contribution in [0.25, 0.3) is 5.57 Å². The molecular weight excluding hydrogens is 246 g/mol. The van der Waals surface area contributed by atoms with Crippen molar-refractivity contribution in [3.63, 3.8) is 0 Å². The van der Waals surface area contributed by atoms with Gasteiger partial charge < -0.3 is 5.73 Å². The quantitative estimate of drug-likeness (QED) is 0.832. The summed E-state index contributed by atoms with van der Waals surface area (Å²) in [5.74, 6) is -2.37. The maximum absolute atomic E-state index is 11.8. The van der Waals surface area contributed by atoms with Crippen LogP contribution in [0.2, 0.25) is 5.02 Å².